The van der Waals surface area contributed by atoms with E-state index in [-0.39, 0.29) is 11.2 Å². The van der Waals surface area contributed by atoms with Crippen LogP contribution < -0.4 is 11.2 Å². The van der Waals surface area contributed by atoms with E-state index in [2.05, 4.69) is 47.6 Å². The fraction of sp³-hybridized carbons (Fsp3) is 0.542. The second-order valence-electron chi connectivity index (χ2n) is 9.29. The number of aromatic nitrogens is 4. The largest absolute Gasteiger partial charge is 0.332 e. The van der Waals surface area contributed by atoms with Gasteiger partial charge in [0.2, 0.25) is 0 Å². The van der Waals surface area contributed by atoms with Crippen LogP contribution in [0.2, 0.25) is 0 Å². The molecule has 0 aliphatic carbocycles. The van der Waals surface area contributed by atoms with Gasteiger partial charge in [-0.2, -0.15) is 0 Å². The molecule has 1 aromatic carbocycles. The number of aryl methyl sites for hydroxylation is 3. The number of likely N-dealkylation sites (tertiary alicyclic amines) is 1. The SMILES string of the molecule is CC1CC(C)CN(Cc2nc3c(c(=O)n(C)c(=O)n3C)n2CCCc2ccccc2)C1. The van der Waals surface area contributed by atoms with E-state index in [4.69, 9.17) is 4.98 Å². The summed E-state index contributed by atoms with van der Waals surface area (Å²) in [6.07, 6.45) is 3.09. The molecular weight excluding hydrogens is 390 g/mol. The number of nitrogens with zero attached hydrogens (tertiary/aromatic N) is 5. The van der Waals surface area contributed by atoms with Gasteiger partial charge in [0.1, 0.15) is 5.82 Å². The molecule has 3 heterocycles. The third-order valence-electron chi connectivity index (χ3n) is 6.43. The minimum Gasteiger partial charge on any atom is -0.321 e. The van der Waals surface area contributed by atoms with Crippen molar-refractivity contribution in [3.05, 3.63) is 62.6 Å². The lowest BCUT2D eigenvalue weighted by Gasteiger charge is -2.34. The highest BCUT2D eigenvalue weighted by molar-refractivity contribution is 5.71. The smallest absolute Gasteiger partial charge is 0.321 e. The van der Waals surface area contributed by atoms with Crippen molar-refractivity contribution in [2.24, 2.45) is 25.9 Å². The van der Waals surface area contributed by atoms with Gasteiger partial charge >= 0.3 is 5.69 Å². The van der Waals surface area contributed by atoms with E-state index in [1.54, 1.807) is 14.1 Å². The molecule has 2 atom stereocenters. The van der Waals surface area contributed by atoms with Gasteiger partial charge in [0.05, 0.1) is 6.54 Å². The molecule has 4 rings (SSSR count). The van der Waals surface area contributed by atoms with Gasteiger partial charge in [-0.05, 0) is 36.7 Å². The van der Waals surface area contributed by atoms with E-state index < -0.39 is 0 Å². The molecule has 166 valence electrons. The Kier molecular flexibility index (Phi) is 6.14. The minimum atomic E-state index is -0.335. The molecule has 0 bridgehead atoms. The molecule has 0 N–H and O–H groups in total. The van der Waals surface area contributed by atoms with E-state index >= 15 is 0 Å². The van der Waals surface area contributed by atoms with Gasteiger partial charge in [0, 0.05) is 33.7 Å². The summed E-state index contributed by atoms with van der Waals surface area (Å²) in [6, 6.07) is 10.4. The van der Waals surface area contributed by atoms with E-state index in [1.165, 1.54) is 21.1 Å². The summed E-state index contributed by atoms with van der Waals surface area (Å²) in [5, 5.41) is 0. The van der Waals surface area contributed by atoms with Gasteiger partial charge in [-0.1, -0.05) is 44.2 Å². The fourth-order valence-electron chi connectivity index (χ4n) is 5.06. The first-order chi connectivity index (χ1) is 14.8. The van der Waals surface area contributed by atoms with Gasteiger partial charge in [0.15, 0.2) is 11.2 Å². The zero-order chi connectivity index (χ0) is 22.1. The monoisotopic (exact) mass is 423 g/mol. The Bertz CT molecular complexity index is 1160. The molecule has 3 aromatic rings. The Morgan fingerprint density at radius 2 is 1.68 bits per heavy atom. The second kappa shape index (κ2) is 8.83. The molecule has 1 saturated heterocycles. The molecule has 7 heteroatoms. The standard InChI is InChI=1S/C24H33N5O2/c1-17-13-18(2)15-28(14-17)16-20-25-22-21(23(30)27(4)24(31)26(22)3)29(20)12-8-11-19-9-6-5-7-10-19/h5-7,9-10,17-18H,8,11-16H2,1-4H3. The minimum absolute atomic E-state index is 0.267. The fourth-order valence-corrected chi connectivity index (χ4v) is 5.06. The predicted octanol–water partition coefficient (Wildman–Crippen LogP) is 2.54. The zero-order valence-electron chi connectivity index (χ0n) is 19.0. The van der Waals surface area contributed by atoms with Crippen molar-refractivity contribution >= 4 is 11.2 Å². The summed E-state index contributed by atoms with van der Waals surface area (Å²) < 4.78 is 4.74. The highest BCUT2D eigenvalue weighted by atomic mass is 16.2. The molecule has 2 aromatic heterocycles. The molecule has 1 aliphatic heterocycles. The van der Waals surface area contributed by atoms with Crippen molar-refractivity contribution in [2.45, 2.75) is 46.2 Å². The van der Waals surface area contributed by atoms with Crippen LogP contribution in [-0.2, 0) is 33.6 Å². The van der Waals surface area contributed by atoms with Crippen molar-refractivity contribution in [1.82, 2.24) is 23.6 Å². The summed E-state index contributed by atoms with van der Waals surface area (Å²) in [6.45, 7) is 8.07. The molecule has 1 fully saturated rings. The Morgan fingerprint density at radius 3 is 2.35 bits per heavy atom. The normalized spacial score (nSPS) is 19.9. The van der Waals surface area contributed by atoms with Crippen LogP contribution in [0, 0.1) is 11.8 Å². The van der Waals surface area contributed by atoms with Gasteiger partial charge in [-0.15, -0.1) is 0 Å². The molecule has 2 unspecified atom stereocenters. The Balaban J connectivity index is 1.70. The third kappa shape index (κ3) is 4.37. The molecule has 7 nitrogen and oxygen atoms in total. The van der Waals surface area contributed by atoms with Crippen LogP contribution in [0.25, 0.3) is 11.2 Å². The summed E-state index contributed by atoms with van der Waals surface area (Å²) >= 11 is 0. The zero-order valence-corrected chi connectivity index (χ0v) is 19.0. The number of hydrogen-bond donors (Lipinski definition) is 0. The van der Waals surface area contributed by atoms with E-state index in [0.717, 1.165) is 31.8 Å². The van der Waals surface area contributed by atoms with Crippen molar-refractivity contribution in [3.8, 4) is 0 Å². The summed E-state index contributed by atoms with van der Waals surface area (Å²) in [5.41, 5.74) is 1.70. The Morgan fingerprint density at radius 1 is 1.00 bits per heavy atom. The van der Waals surface area contributed by atoms with Crippen LogP contribution in [0.5, 0.6) is 0 Å². The molecule has 0 spiro atoms. The maximum Gasteiger partial charge on any atom is 0.332 e. The van der Waals surface area contributed by atoms with Gasteiger partial charge < -0.3 is 4.57 Å². The molecule has 31 heavy (non-hydrogen) atoms. The number of hydrogen-bond acceptors (Lipinski definition) is 4. The van der Waals surface area contributed by atoms with Crippen LogP contribution in [0.3, 0.4) is 0 Å². The second-order valence-corrected chi connectivity index (χ2v) is 9.29. The van der Waals surface area contributed by atoms with Crippen LogP contribution >= 0.6 is 0 Å². The number of rotatable bonds is 6. The van der Waals surface area contributed by atoms with Crippen molar-refractivity contribution in [3.63, 3.8) is 0 Å². The van der Waals surface area contributed by atoms with Crippen molar-refractivity contribution < 1.29 is 0 Å². The van der Waals surface area contributed by atoms with Crippen LogP contribution in [0.4, 0.5) is 0 Å². The number of imidazole rings is 1. The summed E-state index contributed by atoms with van der Waals surface area (Å²) in [4.78, 5) is 32.8. The van der Waals surface area contributed by atoms with Crippen LogP contribution in [0.1, 0.15) is 38.1 Å². The average molecular weight is 424 g/mol. The average Bonchev–Trinajstić information content (AvgIpc) is 3.09. The van der Waals surface area contributed by atoms with Gasteiger partial charge in [-0.3, -0.25) is 18.8 Å². The lowest BCUT2D eigenvalue weighted by molar-refractivity contribution is 0.130. The molecule has 1 aliphatic rings. The molecule has 0 radical (unpaired) electrons. The maximum absolute atomic E-state index is 13.0. The Hall–Kier alpha value is -2.67. The van der Waals surface area contributed by atoms with Gasteiger partial charge in [0.25, 0.3) is 5.56 Å². The number of fused-ring (bicyclic) bond motifs is 1. The van der Waals surface area contributed by atoms with E-state index in [1.807, 2.05) is 6.07 Å². The first kappa shape index (κ1) is 21.6. The summed E-state index contributed by atoms with van der Waals surface area (Å²) in [7, 11) is 3.24. The molecule has 0 amide bonds. The Labute approximate surface area is 182 Å². The molecular formula is C24H33N5O2. The summed E-state index contributed by atoms with van der Waals surface area (Å²) in [5.74, 6) is 2.18. The van der Waals surface area contributed by atoms with Crippen LogP contribution in [0.15, 0.2) is 39.9 Å². The van der Waals surface area contributed by atoms with Crippen LogP contribution in [-0.4, -0.2) is 36.7 Å². The van der Waals surface area contributed by atoms with Gasteiger partial charge in [-0.25, -0.2) is 9.78 Å². The van der Waals surface area contributed by atoms with Crippen molar-refractivity contribution in [1.29, 1.82) is 0 Å². The van der Waals surface area contributed by atoms with E-state index in [9.17, 15) is 9.59 Å². The third-order valence-corrected chi connectivity index (χ3v) is 6.43. The molecule has 0 saturated carbocycles. The first-order valence-electron chi connectivity index (χ1n) is 11.3. The maximum atomic E-state index is 13.0. The lowest BCUT2D eigenvalue weighted by atomic mass is 9.92. The first-order valence-corrected chi connectivity index (χ1v) is 11.3. The number of piperidine rings is 1. The number of benzene rings is 1. The van der Waals surface area contributed by atoms with Crippen molar-refractivity contribution in [2.75, 3.05) is 13.1 Å². The lowest BCUT2D eigenvalue weighted by Crippen LogP contribution is -2.39. The quantitative estimate of drug-likeness (QED) is 0.611. The van der Waals surface area contributed by atoms with E-state index in [0.29, 0.717) is 36.1 Å². The predicted molar refractivity (Wildman–Crippen MR) is 123 cm³/mol. The highest BCUT2D eigenvalue weighted by Crippen LogP contribution is 2.23. The topological polar surface area (TPSA) is 65.1 Å². The highest BCUT2D eigenvalue weighted by Gasteiger charge is 2.25.